The molecule has 0 amide bonds. The molecule has 0 saturated heterocycles. The molecule has 0 aliphatic heterocycles. The lowest BCUT2D eigenvalue weighted by molar-refractivity contribution is 0.508. The molecule has 3 aromatic heterocycles. The number of anilines is 1. The summed E-state index contributed by atoms with van der Waals surface area (Å²) < 4.78 is 8.29. The average molecular weight is 454 g/mol. The maximum Gasteiger partial charge on any atom is 0.179 e. The summed E-state index contributed by atoms with van der Waals surface area (Å²) in [6.45, 7) is 0.638. The van der Waals surface area contributed by atoms with Crippen molar-refractivity contribution in [1.29, 1.82) is 0 Å². The molecule has 4 aromatic rings. The van der Waals surface area contributed by atoms with Crippen LogP contribution in [0, 0.1) is 4.77 Å². The van der Waals surface area contributed by atoms with E-state index in [1.54, 1.807) is 24.0 Å². The van der Waals surface area contributed by atoms with Crippen molar-refractivity contribution in [2.75, 3.05) is 11.9 Å². The van der Waals surface area contributed by atoms with Crippen LogP contribution in [0.5, 0.6) is 5.75 Å². The van der Waals surface area contributed by atoms with Crippen molar-refractivity contribution >= 4 is 46.6 Å². The van der Waals surface area contributed by atoms with Crippen LogP contribution in [0.4, 0.5) is 5.82 Å². The van der Waals surface area contributed by atoms with E-state index in [0.717, 1.165) is 5.56 Å². The SMILES string of the molecule is CN(Cc1ccccc1)c1nccnc1/C(=C\N)Oc1cnc2[nH]c(=S)n(C)c2c1Cl. The Labute approximate surface area is 189 Å². The summed E-state index contributed by atoms with van der Waals surface area (Å²) in [5.74, 6) is 1.26. The highest BCUT2D eigenvalue weighted by Crippen LogP contribution is 2.34. The highest BCUT2D eigenvalue weighted by atomic mass is 35.5. The zero-order chi connectivity index (χ0) is 22.0. The third-order valence-electron chi connectivity index (χ3n) is 4.73. The van der Waals surface area contributed by atoms with Gasteiger partial charge in [-0.3, -0.25) is 0 Å². The van der Waals surface area contributed by atoms with Gasteiger partial charge in [-0.25, -0.2) is 15.0 Å². The first-order valence-corrected chi connectivity index (χ1v) is 10.2. The van der Waals surface area contributed by atoms with Gasteiger partial charge in [0.1, 0.15) is 16.2 Å². The number of nitrogens with one attached hydrogen (secondary N) is 1. The van der Waals surface area contributed by atoms with Gasteiger partial charge >= 0.3 is 0 Å². The van der Waals surface area contributed by atoms with Crippen LogP contribution >= 0.6 is 23.8 Å². The van der Waals surface area contributed by atoms with E-state index < -0.39 is 0 Å². The van der Waals surface area contributed by atoms with Gasteiger partial charge in [0.25, 0.3) is 0 Å². The van der Waals surface area contributed by atoms with E-state index >= 15 is 0 Å². The number of aromatic amines is 1. The molecule has 3 heterocycles. The van der Waals surface area contributed by atoms with E-state index in [0.29, 0.717) is 50.5 Å². The number of pyridine rings is 1. The van der Waals surface area contributed by atoms with Gasteiger partial charge < -0.3 is 24.9 Å². The Morgan fingerprint density at radius 3 is 2.74 bits per heavy atom. The number of rotatable bonds is 6. The Morgan fingerprint density at radius 2 is 2.00 bits per heavy atom. The van der Waals surface area contributed by atoms with E-state index in [2.05, 4.69) is 19.9 Å². The smallest absolute Gasteiger partial charge is 0.179 e. The van der Waals surface area contributed by atoms with E-state index in [4.69, 9.17) is 34.3 Å². The van der Waals surface area contributed by atoms with Crippen LogP contribution in [-0.4, -0.2) is 31.6 Å². The van der Waals surface area contributed by atoms with Crippen LogP contribution in [0.1, 0.15) is 11.3 Å². The van der Waals surface area contributed by atoms with E-state index in [1.807, 2.05) is 42.3 Å². The minimum Gasteiger partial charge on any atom is -0.450 e. The maximum absolute atomic E-state index is 6.59. The predicted molar refractivity (Wildman–Crippen MR) is 124 cm³/mol. The quantitative estimate of drug-likeness (QED) is 0.335. The lowest BCUT2D eigenvalue weighted by Gasteiger charge is -2.21. The molecule has 4 rings (SSSR count). The Kier molecular flexibility index (Phi) is 5.88. The number of aromatic nitrogens is 5. The Balaban J connectivity index is 1.68. The summed E-state index contributed by atoms with van der Waals surface area (Å²) in [6, 6.07) is 10.1. The summed E-state index contributed by atoms with van der Waals surface area (Å²) in [5, 5.41) is 0.363. The fourth-order valence-corrected chi connectivity index (χ4v) is 3.70. The number of aryl methyl sites for hydroxylation is 1. The Hall–Kier alpha value is -3.43. The topological polar surface area (TPSA) is 97.9 Å². The fourth-order valence-electron chi connectivity index (χ4n) is 3.21. The molecule has 158 valence electrons. The first-order valence-electron chi connectivity index (χ1n) is 9.39. The third kappa shape index (κ3) is 4.10. The van der Waals surface area contributed by atoms with Crippen molar-refractivity contribution in [3.05, 3.63) is 76.2 Å². The minimum absolute atomic E-state index is 0.308. The second-order valence-electron chi connectivity index (χ2n) is 6.83. The van der Waals surface area contributed by atoms with Crippen LogP contribution in [0.15, 0.2) is 55.1 Å². The molecule has 31 heavy (non-hydrogen) atoms. The molecule has 3 N–H and O–H groups in total. The largest absolute Gasteiger partial charge is 0.450 e. The summed E-state index contributed by atoms with van der Waals surface area (Å²) >= 11 is 11.8. The monoisotopic (exact) mass is 453 g/mol. The molecule has 10 heteroatoms. The number of nitrogens with two attached hydrogens (primary N) is 1. The number of nitrogens with zero attached hydrogens (tertiary/aromatic N) is 5. The van der Waals surface area contributed by atoms with Gasteiger partial charge in [-0.1, -0.05) is 41.9 Å². The van der Waals surface area contributed by atoms with Gasteiger partial charge in [-0.05, 0) is 17.8 Å². The summed E-state index contributed by atoms with van der Waals surface area (Å²) in [5.41, 5.74) is 8.75. The zero-order valence-electron chi connectivity index (χ0n) is 16.9. The van der Waals surface area contributed by atoms with Gasteiger partial charge in [-0.2, -0.15) is 0 Å². The van der Waals surface area contributed by atoms with Crippen molar-refractivity contribution in [3.63, 3.8) is 0 Å². The molecular formula is C21H20ClN7OS. The highest BCUT2D eigenvalue weighted by molar-refractivity contribution is 7.71. The fraction of sp³-hybridized carbons (Fsp3) is 0.143. The molecule has 0 fully saturated rings. The number of hydrogen-bond donors (Lipinski definition) is 2. The molecule has 0 radical (unpaired) electrons. The molecule has 0 aliphatic carbocycles. The number of halogens is 1. The van der Waals surface area contributed by atoms with Gasteiger partial charge in [0.2, 0.25) is 0 Å². The standard InChI is InChI=1S/C21H20ClN7OS/c1-28(12-13-6-4-3-5-7-13)20-17(24-8-9-25-20)14(10-23)30-15-11-26-19-18(16(15)22)29(2)21(31)27-19/h3-11H,12,23H2,1-2H3,(H,26,27,31)/b14-10+. The number of H-pyrrole nitrogens is 1. The molecule has 0 unspecified atom stereocenters. The second kappa shape index (κ2) is 8.75. The number of hydrogen-bond acceptors (Lipinski definition) is 7. The molecule has 8 nitrogen and oxygen atoms in total. The van der Waals surface area contributed by atoms with Crippen LogP contribution in [0.25, 0.3) is 16.9 Å². The average Bonchev–Trinajstić information content (AvgIpc) is 3.08. The van der Waals surface area contributed by atoms with Crippen molar-refractivity contribution in [2.24, 2.45) is 12.8 Å². The molecular weight excluding hydrogens is 434 g/mol. The van der Waals surface area contributed by atoms with E-state index in [-0.39, 0.29) is 0 Å². The number of fused-ring (bicyclic) bond motifs is 1. The highest BCUT2D eigenvalue weighted by Gasteiger charge is 2.19. The minimum atomic E-state index is 0.308. The molecule has 1 aromatic carbocycles. The third-order valence-corrected chi connectivity index (χ3v) is 5.47. The van der Waals surface area contributed by atoms with Crippen LogP contribution in [-0.2, 0) is 13.6 Å². The van der Waals surface area contributed by atoms with E-state index in [9.17, 15) is 0 Å². The summed E-state index contributed by atoms with van der Waals surface area (Å²) in [4.78, 5) is 18.3. The normalized spacial score (nSPS) is 11.6. The van der Waals surface area contributed by atoms with Crippen LogP contribution < -0.4 is 15.4 Å². The first-order chi connectivity index (χ1) is 15.0. The van der Waals surface area contributed by atoms with Gasteiger partial charge in [-0.15, -0.1) is 0 Å². The van der Waals surface area contributed by atoms with E-state index in [1.165, 1.54) is 12.4 Å². The van der Waals surface area contributed by atoms with Crippen LogP contribution in [0.2, 0.25) is 5.02 Å². The van der Waals surface area contributed by atoms with Gasteiger partial charge in [0.05, 0.1) is 6.20 Å². The molecule has 0 aliphatic rings. The van der Waals surface area contributed by atoms with Gasteiger partial charge in [0, 0.05) is 39.2 Å². The van der Waals surface area contributed by atoms with Crippen LogP contribution in [0.3, 0.4) is 0 Å². The summed E-state index contributed by atoms with van der Waals surface area (Å²) in [7, 11) is 3.73. The second-order valence-corrected chi connectivity index (χ2v) is 7.59. The number of imidazole rings is 1. The van der Waals surface area contributed by atoms with Crippen molar-refractivity contribution in [2.45, 2.75) is 6.54 Å². The number of ether oxygens (including phenoxy) is 1. The molecule has 0 saturated carbocycles. The predicted octanol–water partition coefficient (Wildman–Crippen LogP) is 4.05. The maximum atomic E-state index is 6.59. The lowest BCUT2D eigenvalue weighted by Crippen LogP contribution is -2.20. The first kappa shape index (κ1) is 20.8. The van der Waals surface area contributed by atoms with Crippen molar-refractivity contribution in [1.82, 2.24) is 24.5 Å². The zero-order valence-corrected chi connectivity index (χ0v) is 18.5. The lowest BCUT2D eigenvalue weighted by atomic mass is 10.2. The molecule has 0 bridgehead atoms. The van der Waals surface area contributed by atoms with Crippen molar-refractivity contribution in [3.8, 4) is 5.75 Å². The molecule has 0 spiro atoms. The van der Waals surface area contributed by atoms with Gasteiger partial charge in [0.15, 0.2) is 27.7 Å². The Bertz CT molecular complexity index is 1320. The Morgan fingerprint density at radius 1 is 1.26 bits per heavy atom. The number of benzene rings is 1. The molecule has 0 atom stereocenters. The van der Waals surface area contributed by atoms with Crippen molar-refractivity contribution < 1.29 is 4.74 Å². The summed E-state index contributed by atoms with van der Waals surface area (Å²) in [6.07, 6.45) is 6.06.